The molecule has 3 rings (SSSR count). The van der Waals surface area contributed by atoms with Gasteiger partial charge in [0, 0.05) is 5.56 Å². The zero-order valence-electron chi connectivity index (χ0n) is 10.0. The highest BCUT2D eigenvalue weighted by Crippen LogP contribution is 2.38. The van der Waals surface area contributed by atoms with E-state index in [2.05, 4.69) is 5.10 Å². The van der Waals surface area contributed by atoms with E-state index in [1.165, 1.54) is 0 Å². The van der Waals surface area contributed by atoms with Gasteiger partial charge in [0.15, 0.2) is 6.04 Å². The van der Waals surface area contributed by atoms with Gasteiger partial charge in [-0.25, -0.2) is 0 Å². The van der Waals surface area contributed by atoms with Crippen molar-refractivity contribution < 1.29 is 19.5 Å². The van der Waals surface area contributed by atoms with Gasteiger partial charge in [0.25, 0.3) is 0 Å². The average Bonchev–Trinajstić information content (AvgIpc) is 2.63. The van der Waals surface area contributed by atoms with E-state index in [1.807, 2.05) is 30.3 Å². The molecule has 5 heteroatoms. The third-order valence-electron chi connectivity index (χ3n) is 3.75. The van der Waals surface area contributed by atoms with Gasteiger partial charge in [-0.15, -0.1) is 0 Å². The first-order chi connectivity index (χ1) is 8.73. The minimum atomic E-state index is -1.04. The van der Waals surface area contributed by atoms with Crippen LogP contribution in [0.5, 0.6) is 0 Å². The summed E-state index contributed by atoms with van der Waals surface area (Å²) >= 11 is 0. The molecule has 2 aliphatic rings. The maximum absolute atomic E-state index is 11.8. The minimum Gasteiger partial charge on any atom is -0.856 e. The quantitative estimate of drug-likeness (QED) is 0.689. The van der Waals surface area contributed by atoms with Crippen LogP contribution in [0.15, 0.2) is 35.4 Å². The fourth-order valence-electron chi connectivity index (χ4n) is 2.86. The summed E-state index contributed by atoms with van der Waals surface area (Å²) in [5.74, 6) is -0.411. The summed E-state index contributed by atoms with van der Waals surface area (Å²) in [5.41, 5.74) is 0.960. The second-order valence-electron chi connectivity index (χ2n) is 4.79. The Kier molecular flexibility index (Phi) is 2.81. The maximum atomic E-state index is 11.8. The van der Waals surface area contributed by atoms with E-state index in [-0.39, 0.29) is 10.6 Å². The van der Waals surface area contributed by atoms with E-state index >= 15 is 0 Å². The lowest BCUT2D eigenvalue weighted by molar-refractivity contribution is -0.966. The lowest BCUT2D eigenvalue weighted by atomic mass is 9.99. The summed E-state index contributed by atoms with van der Waals surface area (Å²) in [6.07, 6.45) is -1.04. The summed E-state index contributed by atoms with van der Waals surface area (Å²) in [6.45, 7) is 2.43. The molecular formula is C13H16N2O3. The second kappa shape index (κ2) is 4.35. The lowest BCUT2D eigenvalue weighted by Gasteiger charge is -2.38. The van der Waals surface area contributed by atoms with Gasteiger partial charge in [-0.05, 0) is 0 Å². The number of hydrogen-bond donors (Lipinski definition) is 1. The Balaban J connectivity index is 2.01. The van der Waals surface area contributed by atoms with Crippen molar-refractivity contribution in [3.05, 3.63) is 35.9 Å². The third kappa shape index (κ3) is 1.71. The molecule has 96 valence electrons. The monoisotopic (exact) mass is 248 g/mol. The first kappa shape index (κ1) is 11.6. The fraction of sp³-hybridized carbons (Fsp3) is 0.462. The molecule has 0 amide bonds. The number of aliphatic hydroxyl groups is 1. The van der Waals surface area contributed by atoms with Crippen LogP contribution in [0.4, 0.5) is 0 Å². The number of benzene rings is 1. The Morgan fingerprint density at radius 3 is 2.56 bits per heavy atom. The Morgan fingerprint density at radius 1 is 1.22 bits per heavy atom. The lowest BCUT2D eigenvalue weighted by Crippen LogP contribution is -2.53. The molecule has 1 aromatic carbocycles. The van der Waals surface area contributed by atoms with E-state index in [0.29, 0.717) is 26.3 Å². The van der Waals surface area contributed by atoms with Crippen LogP contribution >= 0.6 is 0 Å². The van der Waals surface area contributed by atoms with Gasteiger partial charge < -0.3 is 14.9 Å². The van der Waals surface area contributed by atoms with Crippen molar-refractivity contribution in [3.63, 3.8) is 0 Å². The van der Waals surface area contributed by atoms with E-state index in [0.717, 1.165) is 5.56 Å². The van der Waals surface area contributed by atoms with Crippen molar-refractivity contribution >= 4 is 5.90 Å². The molecule has 0 bridgehead atoms. The van der Waals surface area contributed by atoms with Crippen LogP contribution in [-0.2, 0) is 4.74 Å². The smallest absolute Gasteiger partial charge is 0.170 e. The van der Waals surface area contributed by atoms with Crippen molar-refractivity contribution in [2.75, 3.05) is 26.3 Å². The Hall–Kier alpha value is -1.43. The van der Waals surface area contributed by atoms with Crippen molar-refractivity contribution in [3.8, 4) is 0 Å². The molecule has 2 heterocycles. The van der Waals surface area contributed by atoms with Gasteiger partial charge in [0.05, 0.1) is 19.1 Å². The summed E-state index contributed by atoms with van der Waals surface area (Å²) in [5, 5.41) is 26.1. The predicted molar refractivity (Wildman–Crippen MR) is 63.4 cm³/mol. The van der Waals surface area contributed by atoms with Crippen LogP contribution in [0.2, 0.25) is 0 Å². The SMILES string of the molecule is [O-]C1=N[N+]2(CCOCC2)[C@H](c2ccccc2)[C@H]1O. The summed E-state index contributed by atoms with van der Waals surface area (Å²) in [7, 11) is 0. The molecule has 18 heavy (non-hydrogen) atoms. The molecule has 1 saturated heterocycles. The Labute approximate surface area is 106 Å². The topological polar surface area (TPSA) is 64.9 Å². The van der Waals surface area contributed by atoms with E-state index in [4.69, 9.17) is 4.74 Å². The molecule has 0 radical (unpaired) electrons. The first-order valence-corrected chi connectivity index (χ1v) is 6.18. The molecule has 2 aliphatic heterocycles. The van der Waals surface area contributed by atoms with Crippen LogP contribution in [0, 0.1) is 0 Å². The number of morpholine rings is 1. The van der Waals surface area contributed by atoms with E-state index in [9.17, 15) is 10.2 Å². The highest BCUT2D eigenvalue weighted by Gasteiger charge is 2.49. The largest absolute Gasteiger partial charge is 0.856 e. The molecule has 0 unspecified atom stereocenters. The van der Waals surface area contributed by atoms with Gasteiger partial charge in [0.1, 0.15) is 19.2 Å². The molecule has 0 saturated carbocycles. The molecule has 1 N–H and O–H groups in total. The van der Waals surface area contributed by atoms with Gasteiger partial charge in [0.2, 0.25) is 0 Å². The maximum Gasteiger partial charge on any atom is 0.170 e. The van der Waals surface area contributed by atoms with Crippen LogP contribution in [0.3, 0.4) is 0 Å². The highest BCUT2D eigenvalue weighted by molar-refractivity contribution is 5.77. The van der Waals surface area contributed by atoms with E-state index in [1.54, 1.807) is 0 Å². The number of quaternary nitrogens is 1. The van der Waals surface area contributed by atoms with Crippen molar-refractivity contribution in [2.45, 2.75) is 12.1 Å². The molecule has 1 spiro atoms. The normalized spacial score (nSPS) is 30.4. The van der Waals surface area contributed by atoms with Crippen LogP contribution in [-0.4, -0.2) is 48.0 Å². The number of rotatable bonds is 1. The van der Waals surface area contributed by atoms with Gasteiger partial charge >= 0.3 is 0 Å². The zero-order valence-corrected chi connectivity index (χ0v) is 10.0. The van der Waals surface area contributed by atoms with Crippen molar-refractivity contribution in [1.82, 2.24) is 0 Å². The van der Waals surface area contributed by atoms with Crippen molar-refractivity contribution in [2.24, 2.45) is 5.10 Å². The van der Waals surface area contributed by atoms with E-state index < -0.39 is 12.0 Å². The molecule has 5 nitrogen and oxygen atoms in total. The van der Waals surface area contributed by atoms with Gasteiger partial charge in [-0.3, -0.25) is 0 Å². The molecule has 0 aliphatic carbocycles. The predicted octanol–water partition coefficient (Wildman–Crippen LogP) is -0.377. The Bertz CT molecular complexity index is 455. The van der Waals surface area contributed by atoms with Gasteiger partial charge in [-0.1, -0.05) is 35.4 Å². The number of nitrogens with zero attached hydrogens (tertiary/aromatic N) is 2. The van der Waals surface area contributed by atoms with Crippen LogP contribution in [0.25, 0.3) is 0 Å². The average molecular weight is 248 g/mol. The van der Waals surface area contributed by atoms with Crippen LogP contribution in [0.1, 0.15) is 11.6 Å². The summed E-state index contributed by atoms with van der Waals surface area (Å²) in [6, 6.07) is 9.36. The standard InChI is InChI=1S/C13H16N2O3/c16-12-11(10-4-2-1-3-5-10)15(14-13(12)17)6-8-18-9-7-15/h1-5,11-12,16H,6-9H2/t11-,12-/m1/s1. The second-order valence-corrected chi connectivity index (χ2v) is 4.79. The molecule has 1 fully saturated rings. The highest BCUT2D eigenvalue weighted by atomic mass is 16.5. The molecule has 2 atom stereocenters. The fourth-order valence-corrected chi connectivity index (χ4v) is 2.86. The number of aliphatic hydroxyl groups excluding tert-OH is 1. The Morgan fingerprint density at radius 2 is 1.89 bits per heavy atom. The summed E-state index contributed by atoms with van der Waals surface area (Å²) < 4.78 is 5.62. The molecule has 1 aromatic rings. The third-order valence-corrected chi connectivity index (χ3v) is 3.75. The number of hydrogen-bond acceptors (Lipinski definition) is 4. The number of ether oxygens (including phenoxy) is 1. The first-order valence-electron chi connectivity index (χ1n) is 6.18. The molecule has 0 aromatic heterocycles. The van der Waals surface area contributed by atoms with Crippen LogP contribution < -0.4 is 5.11 Å². The van der Waals surface area contributed by atoms with Gasteiger partial charge in [-0.2, -0.15) is 4.59 Å². The zero-order chi connectivity index (χ0) is 12.6. The minimum absolute atomic E-state index is 0.282. The molecular weight excluding hydrogens is 232 g/mol. The van der Waals surface area contributed by atoms with Crippen molar-refractivity contribution in [1.29, 1.82) is 0 Å². The summed E-state index contributed by atoms with van der Waals surface area (Å²) in [4.78, 5) is 0.